The third-order valence-corrected chi connectivity index (χ3v) is 3.57. The fourth-order valence-corrected chi connectivity index (χ4v) is 2.18. The lowest BCUT2D eigenvalue weighted by Gasteiger charge is -2.19. The molecule has 90 valence electrons. The van der Waals surface area contributed by atoms with Crippen molar-refractivity contribution in [1.29, 1.82) is 0 Å². The van der Waals surface area contributed by atoms with E-state index < -0.39 is 0 Å². The number of benzene rings is 1. The van der Waals surface area contributed by atoms with E-state index in [4.69, 9.17) is 23.2 Å². The first-order valence-corrected chi connectivity index (χ1v) is 6.43. The Morgan fingerprint density at radius 1 is 1.19 bits per heavy atom. The molecule has 0 aliphatic carbocycles. The molecule has 0 bridgehead atoms. The monoisotopic (exact) mass is 259 g/mol. The lowest BCUT2D eigenvalue weighted by Crippen LogP contribution is -2.17. The third kappa shape index (κ3) is 3.65. The summed E-state index contributed by atoms with van der Waals surface area (Å²) >= 11 is 12.2. The molecule has 1 nitrogen and oxygen atoms in total. The van der Waals surface area contributed by atoms with Crippen LogP contribution in [-0.2, 0) is 0 Å². The first-order valence-electron chi connectivity index (χ1n) is 5.67. The predicted molar refractivity (Wildman–Crippen MR) is 72.3 cm³/mol. The van der Waals surface area contributed by atoms with E-state index in [0.29, 0.717) is 16.0 Å². The standard InChI is InChI=1S/C13H19Cl2N/c1-9(2)7-8-12(16-3)10-5-4-6-11(14)13(10)15/h4-6,9,12,16H,7-8H2,1-3H3. The van der Waals surface area contributed by atoms with Gasteiger partial charge in [-0.1, -0.05) is 49.2 Å². The molecule has 0 aliphatic heterocycles. The molecule has 0 radical (unpaired) electrons. The number of halogens is 2. The van der Waals surface area contributed by atoms with E-state index in [1.54, 1.807) is 0 Å². The van der Waals surface area contributed by atoms with Gasteiger partial charge in [-0.15, -0.1) is 0 Å². The minimum Gasteiger partial charge on any atom is -0.313 e. The quantitative estimate of drug-likeness (QED) is 0.809. The maximum atomic E-state index is 6.21. The van der Waals surface area contributed by atoms with Gasteiger partial charge >= 0.3 is 0 Å². The maximum Gasteiger partial charge on any atom is 0.0640 e. The zero-order valence-corrected chi connectivity index (χ0v) is 11.6. The fourth-order valence-electron chi connectivity index (χ4n) is 1.74. The summed E-state index contributed by atoms with van der Waals surface area (Å²) in [7, 11) is 1.96. The average molecular weight is 260 g/mol. The van der Waals surface area contributed by atoms with Crippen LogP contribution in [0.15, 0.2) is 18.2 Å². The van der Waals surface area contributed by atoms with Crippen LogP contribution in [0.2, 0.25) is 10.0 Å². The van der Waals surface area contributed by atoms with E-state index in [9.17, 15) is 0 Å². The molecule has 1 rings (SSSR count). The van der Waals surface area contributed by atoms with Gasteiger partial charge in [0.05, 0.1) is 10.0 Å². The molecule has 0 saturated carbocycles. The normalized spacial score (nSPS) is 13.1. The van der Waals surface area contributed by atoms with Crippen LogP contribution in [0, 0.1) is 5.92 Å². The Bertz CT molecular complexity index is 337. The van der Waals surface area contributed by atoms with Crippen molar-refractivity contribution in [3.8, 4) is 0 Å². The smallest absolute Gasteiger partial charge is 0.0640 e. The molecule has 0 fully saturated rings. The van der Waals surface area contributed by atoms with E-state index in [1.165, 1.54) is 6.42 Å². The first kappa shape index (κ1) is 13.8. The van der Waals surface area contributed by atoms with Gasteiger partial charge < -0.3 is 5.32 Å². The highest BCUT2D eigenvalue weighted by Gasteiger charge is 2.14. The molecule has 0 amide bonds. The van der Waals surface area contributed by atoms with E-state index >= 15 is 0 Å². The van der Waals surface area contributed by atoms with Gasteiger partial charge in [0.25, 0.3) is 0 Å². The van der Waals surface area contributed by atoms with Gasteiger partial charge in [0, 0.05) is 6.04 Å². The summed E-state index contributed by atoms with van der Waals surface area (Å²) in [4.78, 5) is 0. The summed E-state index contributed by atoms with van der Waals surface area (Å²) in [5.41, 5.74) is 1.09. The minimum atomic E-state index is 0.286. The molecule has 0 heterocycles. The average Bonchev–Trinajstić information content (AvgIpc) is 2.24. The lowest BCUT2D eigenvalue weighted by molar-refractivity contribution is 0.465. The summed E-state index contributed by atoms with van der Waals surface area (Å²) in [6, 6.07) is 6.09. The largest absolute Gasteiger partial charge is 0.313 e. The Hall–Kier alpha value is -0.240. The van der Waals surface area contributed by atoms with Crippen molar-refractivity contribution in [1.82, 2.24) is 5.32 Å². The highest BCUT2D eigenvalue weighted by molar-refractivity contribution is 6.42. The highest BCUT2D eigenvalue weighted by Crippen LogP contribution is 2.32. The lowest BCUT2D eigenvalue weighted by atomic mass is 9.98. The molecule has 1 aromatic rings. The van der Waals surface area contributed by atoms with Crippen LogP contribution >= 0.6 is 23.2 Å². The Balaban J connectivity index is 2.82. The number of hydrogen-bond acceptors (Lipinski definition) is 1. The molecule has 0 spiro atoms. The summed E-state index contributed by atoms with van der Waals surface area (Å²) in [5.74, 6) is 0.703. The van der Waals surface area contributed by atoms with Gasteiger partial charge in [0.1, 0.15) is 0 Å². The van der Waals surface area contributed by atoms with Crippen molar-refractivity contribution < 1.29 is 0 Å². The zero-order chi connectivity index (χ0) is 12.1. The molecule has 1 unspecified atom stereocenters. The van der Waals surface area contributed by atoms with Crippen molar-refractivity contribution in [3.05, 3.63) is 33.8 Å². The van der Waals surface area contributed by atoms with Crippen LogP contribution < -0.4 is 5.32 Å². The van der Waals surface area contributed by atoms with Gasteiger partial charge in [-0.3, -0.25) is 0 Å². The molecule has 0 aromatic heterocycles. The van der Waals surface area contributed by atoms with Crippen molar-refractivity contribution in [2.24, 2.45) is 5.92 Å². The van der Waals surface area contributed by atoms with Gasteiger partial charge in [0.15, 0.2) is 0 Å². The molecule has 3 heteroatoms. The highest BCUT2D eigenvalue weighted by atomic mass is 35.5. The Kier molecular flexibility index (Phi) is 5.60. The maximum absolute atomic E-state index is 6.21. The summed E-state index contributed by atoms with van der Waals surface area (Å²) < 4.78 is 0. The van der Waals surface area contributed by atoms with Crippen LogP contribution in [0.1, 0.15) is 38.3 Å². The van der Waals surface area contributed by atoms with Gasteiger partial charge in [0.2, 0.25) is 0 Å². The van der Waals surface area contributed by atoms with Crippen LogP contribution in [0.25, 0.3) is 0 Å². The second-order valence-corrected chi connectivity index (χ2v) is 5.24. The zero-order valence-electron chi connectivity index (χ0n) is 10.1. The summed E-state index contributed by atoms with van der Waals surface area (Å²) in [6.07, 6.45) is 2.25. The Labute approximate surface area is 108 Å². The molecule has 0 saturated heterocycles. The molecular weight excluding hydrogens is 241 g/mol. The van der Waals surface area contributed by atoms with Crippen molar-refractivity contribution in [2.45, 2.75) is 32.7 Å². The third-order valence-electron chi connectivity index (χ3n) is 2.74. The second-order valence-electron chi connectivity index (χ2n) is 4.46. The Morgan fingerprint density at radius 3 is 2.44 bits per heavy atom. The van der Waals surface area contributed by atoms with Crippen molar-refractivity contribution >= 4 is 23.2 Å². The number of rotatable bonds is 5. The van der Waals surface area contributed by atoms with E-state index in [1.807, 2.05) is 25.2 Å². The molecular formula is C13H19Cl2N. The van der Waals surface area contributed by atoms with E-state index in [-0.39, 0.29) is 6.04 Å². The summed E-state index contributed by atoms with van der Waals surface area (Å²) in [5, 5.41) is 4.60. The van der Waals surface area contributed by atoms with Crippen LogP contribution in [0.4, 0.5) is 0 Å². The first-order chi connectivity index (χ1) is 7.56. The van der Waals surface area contributed by atoms with Crippen molar-refractivity contribution in [2.75, 3.05) is 7.05 Å². The predicted octanol–water partition coefficient (Wildman–Crippen LogP) is 4.69. The van der Waals surface area contributed by atoms with Gasteiger partial charge in [-0.2, -0.15) is 0 Å². The van der Waals surface area contributed by atoms with E-state index in [0.717, 1.165) is 12.0 Å². The molecule has 1 atom stereocenters. The summed E-state index contributed by atoms with van der Waals surface area (Å²) in [6.45, 7) is 4.46. The second kappa shape index (κ2) is 6.48. The number of hydrogen-bond donors (Lipinski definition) is 1. The number of nitrogens with one attached hydrogen (secondary N) is 1. The van der Waals surface area contributed by atoms with Gasteiger partial charge in [-0.25, -0.2) is 0 Å². The van der Waals surface area contributed by atoms with Gasteiger partial charge in [-0.05, 0) is 37.4 Å². The SMILES string of the molecule is CNC(CCC(C)C)c1cccc(Cl)c1Cl. The van der Waals surface area contributed by atoms with E-state index in [2.05, 4.69) is 19.2 Å². The molecule has 16 heavy (non-hydrogen) atoms. The van der Waals surface area contributed by atoms with Crippen LogP contribution in [-0.4, -0.2) is 7.05 Å². The topological polar surface area (TPSA) is 12.0 Å². The molecule has 1 aromatic carbocycles. The molecule has 0 aliphatic rings. The Morgan fingerprint density at radius 2 is 1.88 bits per heavy atom. The van der Waals surface area contributed by atoms with Crippen molar-refractivity contribution in [3.63, 3.8) is 0 Å². The molecule has 1 N–H and O–H groups in total. The minimum absolute atomic E-state index is 0.286. The van der Waals surface area contributed by atoms with Crippen LogP contribution in [0.5, 0.6) is 0 Å². The fraction of sp³-hybridized carbons (Fsp3) is 0.538. The van der Waals surface area contributed by atoms with Crippen LogP contribution in [0.3, 0.4) is 0 Å².